The number of hydrogen-bond acceptors (Lipinski definition) is 6. The van der Waals surface area contributed by atoms with Crippen molar-refractivity contribution in [1.82, 2.24) is 19.4 Å². The zero-order valence-corrected chi connectivity index (χ0v) is 24.5. The molecule has 3 atom stereocenters. The van der Waals surface area contributed by atoms with E-state index in [1.807, 2.05) is 4.90 Å². The van der Waals surface area contributed by atoms with E-state index >= 15 is 0 Å². The Balaban J connectivity index is 1.09. The maximum Gasteiger partial charge on any atom is 0.291 e. The summed E-state index contributed by atoms with van der Waals surface area (Å²) in [5.74, 6) is -2.97. The minimum Gasteiger partial charge on any atom is -0.494 e. The molecule has 6 rings (SSSR count). The summed E-state index contributed by atoms with van der Waals surface area (Å²) in [7, 11) is 2.74. The summed E-state index contributed by atoms with van der Waals surface area (Å²) in [6, 6.07) is 7.30. The van der Waals surface area contributed by atoms with E-state index in [0.717, 1.165) is 19.3 Å². The molecule has 2 aromatic carbocycles. The van der Waals surface area contributed by atoms with Gasteiger partial charge in [-0.1, -0.05) is 11.6 Å². The summed E-state index contributed by atoms with van der Waals surface area (Å²) in [6.07, 6.45) is 3.92. The Morgan fingerprint density at radius 3 is 2.42 bits per heavy atom. The molecule has 3 N–H and O–H groups in total. The summed E-state index contributed by atoms with van der Waals surface area (Å²) >= 11 is 6.46. The minimum absolute atomic E-state index is 0.0500. The first-order valence-electron chi connectivity index (χ1n) is 14.0. The fraction of sp³-hybridized carbons (Fsp3) is 0.400. The molecule has 13 heteroatoms. The Morgan fingerprint density at radius 2 is 1.81 bits per heavy atom. The van der Waals surface area contributed by atoms with Crippen LogP contribution in [0.5, 0.6) is 5.75 Å². The molecule has 0 spiro atoms. The molecule has 3 amide bonds. The van der Waals surface area contributed by atoms with Crippen molar-refractivity contribution in [3.63, 3.8) is 0 Å². The number of nitrogens with one attached hydrogen (secondary N) is 1. The number of imidazole rings is 1. The van der Waals surface area contributed by atoms with Crippen molar-refractivity contribution in [2.24, 2.45) is 24.1 Å². The minimum atomic E-state index is -1.14. The molecular formula is C30H31ClF2N6O4. The monoisotopic (exact) mass is 612 g/mol. The number of aromatic nitrogens is 2. The van der Waals surface area contributed by atoms with E-state index in [4.69, 9.17) is 22.1 Å². The van der Waals surface area contributed by atoms with Crippen LogP contribution >= 0.6 is 11.6 Å². The van der Waals surface area contributed by atoms with Gasteiger partial charge in [0.1, 0.15) is 0 Å². The van der Waals surface area contributed by atoms with Crippen molar-refractivity contribution in [3.8, 4) is 17.0 Å². The molecular weight excluding hydrogens is 582 g/mol. The maximum atomic E-state index is 14.6. The molecule has 10 nitrogen and oxygen atoms in total. The molecule has 2 saturated carbocycles. The predicted octanol–water partition coefficient (Wildman–Crippen LogP) is 3.69. The average Bonchev–Trinajstić information content (AvgIpc) is 3.37. The number of ether oxygens (including phenoxy) is 1. The third-order valence-corrected chi connectivity index (χ3v) is 9.51. The Labute approximate surface area is 251 Å². The van der Waals surface area contributed by atoms with Crippen molar-refractivity contribution in [2.45, 2.75) is 25.3 Å². The first-order chi connectivity index (χ1) is 20.6. The van der Waals surface area contributed by atoms with Gasteiger partial charge < -0.3 is 30.2 Å². The molecule has 1 aromatic heterocycles. The van der Waals surface area contributed by atoms with Crippen LogP contribution in [0.4, 0.5) is 14.5 Å². The third-order valence-electron chi connectivity index (χ3n) is 9.20. The number of anilines is 1. The van der Waals surface area contributed by atoms with Gasteiger partial charge in [-0.3, -0.25) is 14.4 Å². The number of halogens is 3. The summed E-state index contributed by atoms with van der Waals surface area (Å²) in [5, 5.41) is 2.83. The van der Waals surface area contributed by atoms with Crippen LogP contribution in [0.2, 0.25) is 5.02 Å². The van der Waals surface area contributed by atoms with Crippen molar-refractivity contribution in [1.29, 1.82) is 0 Å². The molecule has 0 radical (unpaired) electrons. The normalized spacial score (nSPS) is 22.7. The number of hydrogen-bond donors (Lipinski definition) is 2. The molecule has 226 valence electrons. The number of rotatable bonds is 6. The van der Waals surface area contributed by atoms with Crippen molar-refractivity contribution < 1.29 is 27.9 Å². The van der Waals surface area contributed by atoms with E-state index in [-0.39, 0.29) is 62.6 Å². The van der Waals surface area contributed by atoms with Gasteiger partial charge in [-0.05, 0) is 55.5 Å². The highest BCUT2D eigenvalue weighted by atomic mass is 35.5. The quantitative estimate of drug-likeness (QED) is 0.438. The Hall–Kier alpha value is -4.03. The van der Waals surface area contributed by atoms with E-state index in [1.54, 1.807) is 11.0 Å². The van der Waals surface area contributed by atoms with Gasteiger partial charge >= 0.3 is 0 Å². The summed E-state index contributed by atoms with van der Waals surface area (Å²) < 4.78 is 35.0. The summed E-state index contributed by atoms with van der Waals surface area (Å²) in [4.78, 5) is 47.0. The van der Waals surface area contributed by atoms with Gasteiger partial charge in [0.15, 0.2) is 17.4 Å². The molecule has 3 aliphatic rings. The number of benzene rings is 2. The van der Waals surface area contributed by atoms with Crippen LogP contribution in [0.3, 0.4) is 0 Å². The lowest BCUT2D eigenvalue weighted by atomic mass is 9.45. The second-order valence-electron chi connectivity index (χ2n) is 11.4. The van der Waals surface area contributed by atoms with Crippen LogP contribution in [0.15, 0.2) is 36.5 Å². The number of carbonyl (C=O) groups excluding carboxylic acids is 3. The number of nitrogens with two attached hydrogens (primary N) is 1. The van der Waals surface area contributed by atoms with E-state index in [9.17, 15) is 23.2 Å². The molecule has 2 aliphatic carbocycles. The SMILES string of the molecule is COc1ccc(-c2cnc(C(=O)Nc3ccc(C(=O)N4CCN(C(=O)C56CCC5C(N)C6)CC4)c(Cl)c3)n2C)c(F)c1F. The van der Waals surface area contributed by atoms with Crippen molar-refractivity contribution >= 4 is 35.0 Å². The fourth-order valence-electron chi connectivity index (χ4n) is 6.60. The number of nitrogens with zero attached hydrogens (tertiary/aromatic N) is 4. The van der Waals surface area contributed by atoms with Gasteiger partial charge in [0.25, 0.3) is 11.8 Å². The lowest BCUT2D eigenvalue weighted by Crippen LogP contribution is -2.69. The number of amides is 3. The highest BCUT2D eigenvalue weighted by molar-refractivity contribution is 6.34. The van der Waals surface area contributed by atoms with Gasteiger partial charge in [-0.25, -0.2) is 9.37 Å². The Kier molecular flexibility index (Phi) is 7.37. The number of methoxy groups -OCH3 is 1. The van der Waals surface area contributed by atoms with Crippen LogP contribution in [0.1, 0.15) is 40.2 Å². The molecule has 1 aliphatic heterocycles. The topological polar surface area (TPSA) is 123 Å². The zero-order valence-electron chi connectivity index (χ0n) is 23.7. The Morgan fingerprint density at radius 1 is 1.09 bits per heavy atom. The van der Waals surface area contributed by atoms with Crippen molar-refractivity contribution in [2.75, 3.05) is 38.6 Å². The predicted molar refractivity (Wildman–Crippen MR) is 155 cm³/mol. The highest BCUT2D eigenvalue weighted by Gasteiger charge is 2.64. The van der Waals surface area contributed by atoms with Gasteiger partial charge in [0.2, 0.25) is 11.7 Å². The first kappa shape index (κ1) is 29.1. The third kappa shape index (κ3) is 4.72. The molecule has 0 bridgehead atoms. The Bertz CT molecular complexity index is 1640. The summed E-state index contributed by atoms with van der Waals surface area (Å²) in [6.45, 7) is 1.70. The lowest BCUT2D eigenvalue weighted by Gasteiger charge is -2.62. The number of fused-ring (bicyclic) bond motifs is 1. The van der Waals surface area contributed by atoms with Gasteiger partial charge in [0, 0.05) is 50.5 Å². The number of carbonyl (C=O) groups is 3. The van der Waals surface area contributed by atoms with Gasteiger partial charge in [-0.2, -0.15) is 4.39 Å². The van der Waals surface area contributed by atoms with Crippen LogP contribution in [0.25, 0.3) is 11.3 Å². The van der Waals surface area contributed by atoms with Crippen LogP contribution in [0, 0.1) is 23.0 Å². The molecule has 3 aromatic rings. The molecule has 2 heterocycles. The molecule has 43 heavy (non-hydrogen) atoms. The second-order valence-corrected chi connectivity index (χ2v) is 11.8. The molecule has 3 fully saturated rings. The van der Waals surface area contributed by atoms with E-state index < -0.39 is 17.5 Å². The van der Waals surface area contributed by atoms with E-state index in [0.29, 0.717) is 31.9 Å². The molecule has 3 unspecified atom stereocenters. The van der Waals surface area contributed by atoms with Gasteiger partial charge in [-0.15, -0.1) is 0 Å². The molecule has 1 saturated heterocycles. The second kappa shape index (κ2) is 10.9. The lowest BCUT2D eigenvalue weighted by molar-refractivity contribution is -0.174. The van der Waals surface area contributed by atoms with E-state index in [2.05, 4.69) is 10.3 Å². The van der Waals surface area contributed by atoms with Crippen molar-refractivity contribution in [3.05, 3.63) is 64.6 Å². The smallest absolute Gasteiger partial charge is 0.291 e. The highest BCUT2D eigenvalue weighted by Crippen LogP contribution is 2.61. The largest absolute Gasteiger partial charge is 0.494 e. The van der Waals surface area contributed by atoms with Crippen LogP contribution in [-0.2, 0) is 11.8 Å². The van der Waals surface area contributed by atoms with Crippen LogP contribution < -0.4 is 15.8 Å². The number of piperazine rings is 1. The van der Waals surface area contributed by atoms with Crippen LogP contribution in [-0.4, -0.2) is 76.4 Å². The van der Waals surface area contributed by atoms with Gasteiger partial charge in [0.05, 0.1) is 35.0 Å². The standard InChI is InChI=1S/C30H31ClF2N6O4/c1-37-22(18-5-6-23(43-2)25(33)24(18)32)15-35-26(37)27(40)36-16-3-4-17(20(31)13-16)28(41)38-9-11-39(12-10-38)29(42)30-8-7-19(30)21(34)14-30/h3-6,13,15,19,21H,7-12,14,34H2,1-2H3,(H,36,40). The van der Waals surface area contributed by atoms with E-state index in [1.165, 1.54) is 49.2 Å². The first-order valence-corrected chi connectivity index (χ1v) is 14.4. The summed E-state index contributed by atoms with van der Waals surface area (Å²) in [5.41, 5.74) is 6.50. The zero-order chi connectivity index (χ0) is 30.6. The maximum absolute atomic E-state index is 14.6. The fourth-order valence-corrected chi connectivity index (χ4v) is 6.86. The average molecular weight is 613 g/mol.